The number of carbonyl (C=O) groups excluding carboxylic acids is 1. The number of carbonyl (C=O) groups is 1. The van der Waals surface area contributed by atoms with Crippen molar-refractivity contribution in [3.05, 3.63) is 0 Å². The van der Waals surface area contributed by atoms with Crippen molar-refractivity contribution in [3.63, 3.8) is 0 Å². The third-order valence-electron chi connectivity index (χ3n) is 2.62. The molecule has 0 heterocycles. The summed E-state index contributed by atoms with van der Waals surface area (Å²) in [4.78, 5) is 11.8. The van der Waals surface area contributed by atoms with Crippen molar-refractivity contribution in [2.24, 2.45) is 17.6 Å². The van der Waals surface area contributed by atoms with Crippen LogP contribution in [0.25, 0.3) is 0 Å². The number of hydrogen-bond donors (Lipinski definition) is 3. The first-order chi connectivity index (χ1) is 7.54. The molecule has 4 heteroatoms. The topological polar surface area (TPSA) is 75.4 Å². The van der Waals surface area contributed by atoms with Crippen LogP contribution in [0, 0.1) is 11.8 Å². The minimum atomic E-state index is -0.140. The molecule has 2 unspecified atom stereocenters. The van der Waals surface area contributed by atoms with Gasteiger partial charge in [0.05, 0.1) is 18.6 Å². The fourth-order valence-corrected chi connectivity index (χ4v) is 1.77. The van der Waals surface area contributed by atoms with E-state index < -0.39 is 0 Å². The summed E-state index contributed by atoms with van der Waals surface area (Å²) in [5.74, 6) is 0.315. The number of rotatable bonds is 8. The van der Waals surface area contributed by atoms with E-state index in [4.69, 9.17) is 10.8 Å². The molecule has 2 atom stereocenters. The molecule has 16 heavy (non-hydrogen) atoms. The first-order valence-corrected chi connectivity index (χ1v) is 6.16. The molecular formula is C12H26N2O2. The second-order valence-electron chi connectivity index (χ2n) is 4.74. The van der Waals surface area contributed by atoms with Gasteiger partial charge in [0.1, 0.15) is 0 Å². The van der Waals surface area contributed by atoms with E-state index >= 15 is 0 Å². The number of amides is 1. The molecule has 0 aliphatic heterocycles. The molecule has 0 aliphatic carbocycles. The summed E-state index contributed by atoms with van der Waals surface area (Å²) in [5.41, 5.74) is 5.55. The Labute approximate surface area is 98.6 Å². The quantitative estimate of drug-likeness (QED) is 0.579. The van der Waals surface area contributed by atoms with Crippen LogP contribution in [0.5, 0.6) is 0 Å². The molecule has 4 nitrogen and oxygen atoms in total. The Morgan fingerprint density at radius 3 is 2.44 bits per heavy atom. The zero-order chi connectivity index (χ0) is 12.6. The van der Waals surface area contributed by atoms with Gasteiger partial charge in [-0.05, 0) is 18.8 Å². The monoisotopic (exact) mass is 230 g/mol. The smallest absolute Gasteiger partial charge is 0.224 e. The van der Waals surface area contributed by atoms with E-state index in [9.17, 15) is 4.79 Å². The summed E-state index contributed by atoms with van der Waals surface area (Å²) in [7, 11) is 0. The summed E-state index contributed by atoms with van der Waals surface area (Å²) in [5, 5.41) is 12.0. The SMILES string of the molecule is CCCC(CN)C(=O)NC(CO)CC(C)C. The summed E-state index contributed by atoms with van der Waals surface area (Å²) < 4.78 is 0. The highest BCUT2D eigenvalue weighted by Gasteiger charge is 2.19. The van der Waals surface area contributed by atoms with Gasteiger partial charge in [-0.3, -0.25) is 4.79 Å². The van der Waals surface area contributed by atoms with E-state index in [0.29, 0.717) is 12.5 Å². The van der Waals surface area contributed by atoms with E-state index in [1.165, 1.54) is 0 Å². The number of nitrogens with two attached hydrogens (primary N) is 1. The average molecular weight is 230 g/mol. The highest BCUT2D eigenvalue weighted by atomic mass is 16.3. The first-order valence-electron chi connectivity index (χ1n) is 6.16. The lowest BCUT2D eigenvalue weighted by molar-refractivity contribution is -0.126. The normalized spacial score (nSPS) is 14.9. The van der Waals surface area contributed by atoms with E-state index in [-0.39, 0.29) is 24.5 Å². The number of aliphatic hydroxyl groups excluding tert-OH is 1. The second-order valence-corrected chi connectivity index (χ2v) is 4.74. The van der Waals surface area contributed by atoms with Gasteiger partial charge in [-0.2, -0.15) is 0 Å². The molecule has 0 aliphatic rings. The predicted octanol–water partition coefficient (Wildman–Crippen LogP) is 0.885. The zero-order valence-corrected chi connectivity index (χ0v) is 10.7. The molecule has 0 aromatic rings. The van der Waals surface area contributed by atoms with Crippen LogP contribution < -0.4 is 11.1 Å². The average Bonchev–Trinajstić information content (AvgIpc) is 2.23. The molecule has 0 radical (unpaired) electrons. The maximum Gasteiger partial charge on any atom is 0.224 e. The molecule has 0 aromatic carbocycles. The number of aliphatic hydroxyl groups is 1. The fourth-order valence-electron chi connectivity index (χ4n) is 1.77. The number of hydrogen-bond acceptors (Lipinski definition) is 3. The van der Waals surface area contributed by atoms with E-state index in [1.807, 2.05) is 6.92 Å². The molecule has 0 aromatic heterocycles. The summed E-state index contributed by atoms with van der Waals surface area (Å²) >= 11 is 0. The highest BCUT2D eigenvalue weighted by Crippen LogP contribution is 2.08. The third-order valence-corrected chi connectivity index (χ3v) is 2.62. The van der Waals surface area contributed by atoms with Gasteiger partial charge in [-0.1, -0.05) is 27.2 Å². The largest absolute Gasteiger partial charge is 0.394 e. The van der Waals surface area contributed by atoms with Crippen LogP contribution in [0.4, 0.5) is 0 Å². The Kier molecular flexibility index (Phi) is 8.21. The molecule has 0 rings (SSSR count). The Morgan fingerprint density at radius 1 is 1.44 bits per heavy atom. The molecule has 96 valence electrons. The van der Waals surface area contributed by atoms with E-state index in [1.54, 1.807) is 0 Å². The van der Waals surface area contributed by atoms with Gasteiger partial charge in [-0.25, -0.2) is 0 Å². The molecule has 0 bridgehead atoms. The van der Waals surface area contributed by atoms with Crippen molar-refractivity contribution < 1.29 is 9.90 Å². The van der Waals surface area contributed by atoms with Crippen LogP contribution >= 0.6 is 0 Å². The van der Waals surface area contributed by atoms with Crippen molar-refractivity contribution in [1.29, 1.82) is 0 Å². The van der Waals surface area contributed by atoms with Crippen LogP contribution in [0.1, 0.15) is 40.0 Å². The molecule has 0 saturated carbocycles. The van der Waals surface area contributed by atoms with E-state index in [2.05, 4.69) is 19.2 Å². The molecule has 4 N–H and O–H groups in total. The summed E-state index contributed by atoms with van der Waals surface area (Å²) in [6.45, 7) is 6.54. The lowest BCUT2D eigenvalue weighted by Gasteiger charge is -2.21. The van der Waals surface area contributed by atoms with Crippen molar-refractivity contribution in [2.75, 3.05) is 13.2 Å². The van der Waals surface area contributed by atoms with Crippen LogP contribution in [0.15, 0.2) is 0 Å². The molecular weight excluding hydrogens is 204 g/mol. The van der Waals surface area contributed by atoms with Gasteiger partial charge in [0, 0.05) is 6.54 Å². The molecule has 0 saturated heterocycles. The Balaban J connectivity index is 4.16. The predicted molar refractivity (Wildman–Crippen MR) is 65.9 cm³/mol. The Bertz CT molecular complexity index is 195. The summed E-state index contributed by atoms with van der Waals surface area (Å²) in [6, 6.07) is -0.140. The number of nitrogens with one attached hydrogen (secondary N) is 1. The van der Waals surface area contributed by atoms with Crippen molar-refractivity contribution in [1.82, 2.24) is 5.32 Å². The summed E-state index contributed by atoms with van der Waals surface area (Å²) in [6.07, 6.45) is 2.55. The lowest BCUT2D eigenvalue weighted by Crippen LogP contribution is -2.43. The van der Waals surface area contributed by atoms with Crippen LogP contribution in [0.2, 0.25) is 0 Å². The van der Waals surface area contributed by atoms with E-state index in [0.717, 1.165) is 19.3 Å². The minimum Gasteiger partial charge on any atom is -0.394 e. The van der Waals surface area contributed by atoms with Crippen LogP contribution in [0.3, 0.4) is 0 Å². The zero-order valence-electron chi connectivity index (χ0n) is 10.7. The second kappa shape index (κ2) is 8.53. The van der Waals surface area contributed by atoms with Crippen molar-refractivity contribution >= 4 is 5.91 Å². The van der Waals surface area contributed by atoms with Crippen LogP contribution in [-0.2, 0) is 4.79 Å². The molecule has 1 amide bonds. The maximum atomic E-state index is 11.8. The van der Waals surface area contributed by atoms with Gasteiger partial charge < -0.3 is 16.2 Å². The highest BCUT2D eigenvalue weighted by molar-refractivity contribution is 5.79. The Hall–Kier alpha value is -0.610. The maximum absolute atomic E-state index is 11.8. The lowest BCUT2D eigenvalue weighted by atomic mass is 10.0. The Morgan fingerprint density at radius 2 is 2.06 bits per heavy atom. The van der Waals surface area contributed by atoms with Gasteiger partial charge >= 0.3 is 0 Å². The molecule has 0 fully saturated rings. The first kappa shape index (κ1) is 15.4. The van der Waals surface area contributed by atoms with Crippen molar-refractivity contribution in [2.45, 2.75) is 46.1 Å². The van der Waals surface area contributed by atoms with Gasteiger partial charge in [0.15, 0.2) is 0 Å². The van der Waals surface area contributed by atoms with Gasteiger partial charge in [-0.15, -0.1) is 0 Å². The third kappa shape index (κ3) is 6.08. The van der Waals surface area contributed by atoms with Crippen LogP contribution in [-0.4, -0.2) is 30.2 Å². The minimum absolute atomic E-state index is 0.00661. The fraction of sp³-hybridized carbons (Fsp3) is 0.917. The molecule has 0 spiro atoms. The standard InChI is InChI=1S/C12H26N2O2/c1-4-5-10(7-13)12(16)14-11(8-15)6-9(2)3/h9-11,15H,4-8,13H2,1-3H3,(H,14,16). The van der Waals surface area contributed by atoms with Gasteiger partial charge in [0.2, 0.25) is 5.91 Å². The van der Waals surface area contributed by atoms with Gasteiger partial charge in [0.25, 0.3) is 0 Å². The van der Waals surface area contributed by atoms with Crippen molar-refractivity contribution in [3.8, 4) is 0 Å².